The number of aryl methyl sites for hydroxylation is 2. The number of nitrogens with zero attached hydrogens (tertiary/aromatic N) is 3. The van der Waals surface area contributed by atoms with E-state index in [-0.39, 0.29) is 0 Å². The molecule has 0 fully saturated rings. The summed E-state index contributed by atoms with van der Waals surface area (Å²) in [6.45, 7) is 20.8. The van der Waals surface area contributed by atoms with Crippen LogP contribution in [0.1, 0.15) is 108 Å². The first-order chi connectivity index (χ1) is 15.4. The molecule has 0 N–H and O–H groups in total. The summed E-state index contributed by atoms with van der Waals surface area (Å²) in [5, 5.41) is 0. The molecule has 0 aliphatic carbocycles. The fourth-order valence-electron chi connectivity index (χ4n) is 5.97. The van der Waals surface area contributed by atoms with Gasteiger partial charge in [-0.3, -0.25) is 0 Å². The Bertz CT molecular complexity index is 1130. The van der Waals surface area contributed by atoms with Gasteiger partial charge in [0, 0.05) is 55.8 Å². The average Bonchev–Trinajstić information content (AvgIpc) is 3.27. The molecule has 0 radical (unpaired) electrons. The molecule has 0 bridgehead atoms. The Morgan fingerprint density at radius 2 is 1.36 bits per heavy atom. The maximum Gasteiger partial charge on any atom is 0.0212 e. The lowest BCUT2D eigenvalue weighted by Crippen LogP contribution is -2.06. The third kappa shape index (κ3) is 4.61. The van der Waals surface area contributed by atoms with E-state index in [0.29, 0.717) is 17.8 Å². The van der Waals surface area contributed by atoms with Crippen molar-refractivity contribution >= 4 is 0 Å². The van der Waals surface area contributed by atoms with Gasteiger partial charge in [-0.25, -0.2) is 0 Å². The quantitative estimate of drug-likeness (QED) is 0.339. The second-order valence-corrected chi connectivity index (χ2v) is 11.0. The smallest absolute Gasteiger partial charge is 0.0212 e. The Balaban J connectivity index is 1.81. The SMILES string of the molecule is Cc1c(C(C)Cc2c(C)c(C(C)CCc3cc(C(C)C)c(C)n3C)c(C)n2C)cn(C)c1C. The zero-order chi connectivity index (χ0) is 24.8. The van der Waals surface area contributed by atoms with Crippen LogP contribution in [0.15, 0.2) is 12.3 Å². The monoisotopic (exact) mass is 449 g/mol. The molecule has 0 aliphatic heterocycles. The summed E-state index contributed by atoms with van der Waals surface area (Å²) >= 11 is 0. The summed E-state index contributed by atoms with van der Waals surface area (Å²) in [5.74, 6) is 1.65. The summed E-state index contributed by atoms with van der Waals surface area (Å²) in [5.41, 5.74) is 14.7. The summed E-state index contributed by atoms with van der Waals surface area (Å²) in [6.07, 6.45) is 5.74. The van der Waals surface area contributed by atoms with E-state index in [1.807, 2.05) is 0 Å². The van der Waals surface area contributed by atoms with Crippen LogP contribution in [0.3, 0.4) is 0 Å². The fourth-order valence-corrected chi connectivity index (χ4v) is 5.97. The molecule has 3 aromatic rings. The number of aromatic nitrogens is 3. The molecule has 0 spiro atoms. The molecule has 3 rings (SSSR count). The zero-order valence-corrected chi connectivity index (χ0v) is 23.3. The van der Waals surface area contributed by atoms with Crippen LogP contribution in [0.4, 0.5) is 0 Å². The van der Waals surface area contributed by atoms with Crippen LogP contribution < -0.4 is 0 Å². The molecule has 3 heteroatoms. The molecule has 3 aromatic heterocycles. The molecule has 0 aliphatic rings. The van der Waals surface area contributed by atoms with Crippen LogP contribution in [0.2, 0.25) is 0 Å². The minimum Gasteiger partial charge on any atom is -0.354 e. The van der Waals surface area contributed by atoms with E-state index in [1.54, 1.807) is 5.56 Å². The topological polar surface area (TPSA) is 14.8 Å². The van der Waals surface area contributed by atoms with Gasteiger partial charge in [-0.1, -0.05) is 27.7 Å². The van der Waals surface area contributed by atoms with Crippen LogP contribution in [0.25, 0.3) is 0 Å². The molecule has 0 amide bonds. The van der Waals surface area contributed by atoms with Gasteiger partial charge in [-0.05, 0) is 106 Å². The predicted molar refractivity (Wildman–Crippen MR) is 143 cm³/mol. The third-order valence-electron chi connectivity index (χ3n) is 8.62. The van der Waals surface area contributed by atoms with Crippen molar-refractivity contribution in [3.8, 4) is 0 Å². The Kier molecular flexibility index (Phi) is 7.41. The Labute approximate surface area is 202 Å². The molecule has 182 valence electrons. The van der Waals surface area contributed by atoms with Gasteiger partial charge in [0.25, 0.3) is 0 Å². The van der Waals surface area contributed by atoms with Crippen molar-refractivity contribution in [2.24, 2.45) is 21.1 Å². The van der Waals surface area contributed by atoms with Crippen molar-refractivity contribution < 1.29 is 0 Å². The van der Waals surface area contributed by atoms with Crippen molar-refractivity contribution in [3.63, 3.8) is 0 Å². The molecule has 33 heavy (non-hydrogen) atoms. The van der Waals surface area contributed by atoms with E-state index >= 15 is 0 Å². The highest BCUT2D eigenvalue weighted by Gasteiger charge is 2.23. The van der Waals surface area contributed by atoms with Gasteiger partial charge < -0.3 is 13.7 Å². The van der Waals surface area contributed by atoms with E-state index in [1.165, 1.54) is 57.1 Å². The average molecular weight is 450 g/mol. The minimum absolute atomic E-state index is 0.514. The Morgan fingerprint density at radius 1 is 0.727 bits per heavy atom. The minimum atomic E-state index is 0.514. The van der Waals surface area contributed by atoms with Crippen LogP contribution >= 0.6 is 0 Å². The first-order valence-corrected chi connectivity index (χ1v) is 12.8. The highest BCUT2D eigenvalue weighted by atomic mass is 15.0. The van der Waals surface area contributed by atoms with Crippen molar-refractivity contribution in [2.75, 3.05) is 0 Å². The van der Waals surface area contributed by atoms with Gasteiger partial charge in [0.1, 0.15) is 0 Å². The molecule has 0 saturated carbocycles. The second-order valence-electron chi connectivity index (χ2n) is 11.0. The third-order valence-corrected chi connectivity index (χ3v) is 8.62. The normalized spacial score (nSPS) is 13.8. The fraction of sp³-hybridized carbons (Fsp3) is 0.600. The van der Waals surface area contributed by atoms with Gasteiger partial charge >= 0.3 is 0 Å². The lowest BCUT2D eigenvalue weighted by molar-refractivity contribution is 0.643. The Morgan fingerprint density at radius 3 is 1.88 bits per heavy atom. The maximum atomic E-state index is 2.46. The molecule has 3 heterocycles. The van der Waals surface area contributed by atoms with E-state index < -0.39 is 0 Å². The van der Waals surface area contributed by atoms with E-state index in [9.17, 15) is 0 Å². The van der Waals surface area contributed by atoms with Crippen molar-refractivity contribution in [2.45, 2.75) is 99.3 Å². The summed E-state index contributed by atoms with van der Waals surface area (Å²) in [4.78, 5) is 0. The van der Waals surface area contributed by atoms with E-state index in [4.69, 9.17) is 0 Å². The van der Waals surface area contributed by atoms with E-state index in [0.717, 1.165) is 12.8 Å². The van der Waals surface area contributed by atoms with E-state index in [2.05, 4.69) is 109 Å². The first kappa shape index (κ1) is 25.5. The highest BCUT2D eigenvalue weighted by Crippen LogP contribution is 2.35. The lowest BCUT2D eigenvalue weighted by Gasteiger charge is -2.15. The summed E-state index contributed by atoms with van der Waals surface area (Å²) in [7, 11) is 6.65. The summed E-state index contributed by atoms with van der Waals surface area (Å²) < 4.78 is 7.14. The van der Waals surface area contributed by atoms with Crippen molar-refractivity contribution in [1.82, 2.24) is 13.7 Å². The number of rotatable bonds is 8. The molecule has 3 nitrogen and oxygen atoms in total. The number of hydrogen-bond donors (Lipinski definition) is 0. The largest absolute Gasteiger partial charge is 0.354 e. The standard InChI is InChI=1S/C30H47N3/c1-18(2)27-16-26(32(11)24(27)8)14-13-19(3)30-22(6)29(33(12)25(30)9)15-20(4)28-17-31(10)23(7)21(28)5/h16-20H,13-15H2,1-12H3. The molecular formula is C30H47N3. The van der Waals surface area contributed by atoms with Gasteiger partial charge in [0.15, 0.2) is 0 Å². The molecule has 0 aromatic carbocycles. The van der Waals surface area contributed by atoms with Gasteiger partial charge in [0.05, 0.1) is 0 Å². The molecule has 0 saturated heterocycles. The second kappa shape index (κ2) is 9.60. The Hall–Kier alpha value is -2.16. The number of hydrogen-bond acceptors (Lipinski definition) is 0. The van der Waals surface area contributed by atoms with Gasteiger partial charge in [-0.15, -0.1) is 0 Å². The zero-order valence-electron chi connectivity index (χ0n) is 23.3. The highest BCUT2D eigenvalue weighted by molar-refractivity contribution is 5.42. The first-order valence-electron chi connectivity index (χ1n) is 12.8. The maximum absolute atomic E-state index is 2.46. The lowest BCUT2D eigenvalue weighted by atomic mass is 9.89. The molecule has 2 atom stereocenters. The van der Waals surface area contributed by atoms with Crippen molar-refractivity contribution in [3.05, 3.63) is 68.6 Å². The van der Waals surface area contributed by atoms with Gasteiger partial charge in [0.2, 0.25) is 0 Å². The summed E-state index contributed by atoms with van der Waals surface area (Å²) in [6, 6.07) is 2.44. The van der Waals surface area contributed by atoms with Crippen molar-refractivity contribution in [1.29, 1.82) is 0 Å². The van der Waals surface area contributed by atoms with Crippen LogP contribution in [0.5, 0.6) is 0 Å². The van der Waals surface area contributed by atoms with Gasteiger partial charge in [-0.2, -0.15) is 0 Å². The molecule has 2 unspecified atom stereocenters. The van der Waals surface area contributed by atoms with Crippen LogP contribution in [0, 0.1) is 34.6 Å². The van der Waals surface area contributed by atoms with Crippen LogP contribution in [-0.4, -0.2) is 13.7 Å². The van der Waals surface area contributed by atoms with Crippen LogP contribution in [-0.2, 0) is 34.0 Å². The predicted octanol–water partition coefficient (Wildman–Crippen LogP) is 7.45. The molecular weight excluding hydrogens is 402 g/mol.